The van der Waals surface area contributed by atoms with E-state index >= 15 is 0 Å². The van der Waals surface area contributed by atoms with E-state index in [1.165, 1.54) is 0 Å². The Morgan fingerprint density at radius 2 is 1.83 bits per heavy atom. The van der Waals surface area contributed by atoms with Gasteiger partial charge in [0.15, 0.2) is 6.61 Å². The highest BCUT2D eigenvalue weighted by Crippen LogP contribution is 2.27. The minimum atomic E-state index is -0.222. The molecule has 3 rings (SSSR count). The number of ether oxygens (including phenoxy) is 2. The Bertz CT molecular complexity index is 898. The molecule has 1 heterocycles. The van der Waals surface area contributed by atoms with Crippen molar-refractivity contribution in [2.24, 2.45) is 0 Å². The van der Waals surface area contributed by atoms with Crippen molar-refractivity contribution >= 4 is 35.0 Å². The summed E-state index contributed by atoms with van der Waals surface area (Å²) in [6.45, 7) is 1.07. The van der Waals surface area contributed by atoms with Gasteiger partial charge in [-0.15, -0.1) is 0 Å². The van der Waals surface area contributed by atoms with Gasteiger partial charge >= 0.3 is 0 Å². The molecule has 0 spiro atoms. The largest absolute Gasteiger partial charge is 0.496 e. The Kier molecular flexibility index (Phi) is 7.82. The number of likely N-dealkylation sites (tertiary alicyclic amines) is 1. The molecular formula is C22H24Cl2N2O4. The number of amides is 2. The molecule has 2 aromatic carbocycles. The third-order valence-electron chi connectivity index (χ3n) is 5.00. The molecule has 0 radical (unpaired) electrons. The summed E-state index contributed by atoms with van der Waals surface area (Å²) in [6.07, 6.45) is 1.70. The normalized spacial score (nSPS) is 14.3. The molecule has 2 aromatic rings. The van der Waals surface area contributed by atoms with Crippen LogP contribution in [0.25, 0.3) is 0 Å². The van der Waals surface area contributed by atoms with E-state index in [1.807, 2.05) is 29.2 Å². The Hall–Kier alpha value is -2.44. The quantitative estimate of drug-likeness (QED) is 0.697. The van der Waals surface area contributed by atoms with Crippen LogP contribution in [0.4, 0.5) is 0 Å². The summed E-state index contributed by atoms with van der Waals surface area (Å²) < 4.78 is 10.8. The number of methoxy groups -OCH3 is 1. The summed E-state index contributed by atoms with van der Waals surface area (Å²) in [5.74, 6) is 0.964. The van der Waals surface area contributed by atoms with Crippen LogP contribution in [0.2, 0.25) is 10.0 Å². The topological polar surface area (TPSA) is 67.9 Å². The van der Waals surface area contributed by atoms with Crippen molar-refractivity contribution in [3.63, 3.8) is 0 Å². The van der Waals surface area contributed by atoms with Gasteiger partial charge in [-0.1, -0.05) is 41.4 Å². The number of benzene rings is 2. The van der Waals surface area contributed by atoms with Crippen LogP contribution in [-0.2, 0) is 16.0 Å². The van der Waals surface area contributed by atoms with Crippen LogP contribution < -0.4 is 14.8 Å². The first-order valence-electron chi connectivity index (χ1n) is 9.73. The van der Waals surface area contributed by atoms with Crippen molar-refractivity contribution in [1.29, 1.82) is 0 Å². The maximum atomic E-state index is 12.6. The summed E-state index contributed by atoms with van der Waals surface area (Å²) in [6, 6.07) is 12.4. The summed E-state index contributed by atoms with van der Waals surface area (Å²) in [5, 5.41) is 3.82. The Balaban J connectivity index is 1.42. The lowest BCUT2D eigenvalue weighted by Gasteiger charge is -2.32. The van der Waals surface area contributed by atoms with Gasteiger partial charge in [0.1, 0.15) is 11.5 Å². The van der Waals surface area contributed by atoms with Gasteiger partial charge in [-0.25, -0.2) is 0 Å². The van der Waals surface area contributed by atoms with Crippen molar-refractivity contribution in [2.75, 3.05) is 26.8 Å². The number of carbonyl (C=O) groups is 2. The third kappa shape index (κ3) is 6.03. The fourth-order valence-electron chi connectivity index (χ4n) is 3.40. The van der Waals surface area contributed by atoms with E-state index in [2.05, 4.69) is 5.32 Å². The van der Waals surface area contributed by atoms with Gasteiger partial charge in [0.05, 0.1) is 18.6 Å². The highest BCUT2D eigenvalue weighted by atomic mass is 35.5. The van der Waals surface area contributed by atoms with Crippen molar-refractivity contribution in [3.8, 4) is 11.5 Å². The molecule has 0 aliphatic carbocycles. The van der Waals surface area contributed by atoms with Gasteiger partial charge < -0.3 is 19.7 Å². The van der Waals surface area contributed by atoms with Gasteiger partial charge in [-0.3, -0.25) is 9.59 Å². The zero-order chi connectivity index (χ0) is 21.5. The van der Waals surface area contributed by atoms with Crippen molar-refractivity contribution in [2.45, 2.75) is 25.3 Å². The van der Waals surface area contributed by atoms with E-state index in [-0.39, 0.29) is 24.5 Å². The van der Waals surface area contributed by atoms with Gasteiger partial charge in [0.25, 0.3) is 5.91 Å². The van der Waals surface area contributed by atoms with Gasteiger partial charge in [-0.05, 0) is 37.1 Å². The summed E-state index contributed by atoms with van der Waals surface area (Å²) >= 11 is 11.9. The molecule has 1 aliphatic heterocycles. The number of rotatable bonds is 7. The molecule has 0 saturated carbocycles. The molecule has 0 unspecified atom stereocenters. The first-order valence-corrected chi connectivity index (χ1v) is 10.5. The fraction of sp³-hybridized carbons (Fsp3) is 0.364. The monoisotopic (exact) mass is 450 g/mol. The van der Waals surface area contributed by atoms with Crippen LogP contribution in [0.3, 0.4) is 0 Å². The second-order valence-corrected chi connectivity index (χ2v) is 7.92. The lowest BCUT2D eigenvalue weighted by molar-refractivity contribution is -0.131. The van der Waals surface area contributed by atoms with Crippen LogP contribution >= 0.6 is 23.2 Å². The van der Waals surface area contributed by atoms with E-state index in [9.17, 15) is 9.59 Å². The predicted molar refractivity (Wildman–Crippen MR) is 116 cm³/mol. The molecule has 0 atom stereocenters. The van der Waals surface area contributed by atoms with Crippen LogP contribution in [0.5, 0.6) is 11.5 Å². The molecule has 6 nitrogen and oxygen atoms in total. The molecule has 1 N–H and O–H groups in total. The predicted octanol–water partition coefficient (Wildman–Crippen LogP) is 3.73. The first kappa shape index (κ1) is 22.2. The van der Waals surface area contributed by atoms with E-state index in [1.54, 1.807) is 25.3 Å². The minimum Gasteiger partial charge on any atom is -0.496 e. The number of hydrogen-bond donors (Lipinski definition) is 1. The summed E-state index contributed by atoms with van der Waals surface area (Å²) in [4.78, 5) is 26.6. The molecule has 2 amide bonds. The fourth-order valence-corrected chi connectivity index (χ4v) is 3.86. The molecular weight excluding hydrogens is 427 g/mol. The zero-order valence-electron chi connectivity index (χ0n) is 16.7. The Morgan fingerprint density at radius 3 is 2.53 bits per heavy atom. The van der Waals surface area contributed by atoms with Crippen molar-refractivity contribution in [1.82, 2.24) is 10.2 Å². The number of carbonyl (C=O) groups excluding carboxylic acids is 2. The smallest absolute Gasteiger partial charge is 0.258 e. The lowest BCUT2D eigenvalue weighted by atomic mass is 10.0. The van der Waals surface area contributed by atoms with E-state index in [0.29, 0.717) is 53.9 Å². The van der Waals surface area contributed by atoms with Gasteiger partial charge in [-0.2, -0.15) is 0 Å². The number of para-hydroxylation sites is 1. The number of piperidine rings is 1. The Labute approximate surface area is 186 Å². The van der Waals surface area contributed by atoms with Gasteiger partial charge in [0, 0.05) is 29.7 Å². The second-order valence-electron chi connectivity index (χ2n) is 7.07. The maximum Gasteiger partial charge on any atom is 0.258 e. The molecule has 8 heteroatoms. The second kappa shape index (κ2) is 10.5. The molecule has 1 fully saturated rings. The zero-order valence-corrected chi connectivity index (χ0v) is 18.2. The molecule has 0 aromatic heterocycles. The molecule has 0 bridgehead atoms. The van der Waals surface area contributed by atoms with E-state index in [4.69, 9.17) is 32.7 Å². The molecule has 1 aliphatic rings. The van der Waals surface area contributed by atoms with Gasteiger partial charge in [0.2, 0.25) is 5.91 Å². The number of hydrogen-bond acceptors (Lipinski definition) is 4. The Morgan fingerprint density at radius 1 is 1.10 bits per heavy atom. The summed E-state index contributed by atoms with van der Waals surface area (Å²) in [5.41, 5.74) is 0.874. The highest BCUT2D eigenvalue weighted by Gasteiger charge is 2.24. The number of halogens is 2. The lowest BCUT2D eigenvalue weighted by Crippen LogP contribution is -2.47. The standard InChI is InChI=1S/C22H24Cl2N2O4/c1-29-19-5-3-2-4-15(19)12-22(28)26-10-8-17(9-11-26)25-21(27)14-30-20-7-6-16(23)13-18(20)24/h2-7,13,17H,8-12,14H2,1H3,(H,25,27). The van der Waals surface area contributed by atoms with Crippen LogP contribution in [0, 0.1) is 0 Å². The molecule has 160 valence electrons. The van der Waals surface area contributed by atoms with Crippen molar-refractivity contribution in [3.05, 3.63) is 58.1 Å². The molecule has 1 saturated heterocycles. The van der Waals surface area contributed by atoms with Crippen LogP contribution in [0.15, 0.2) is 42.5 Å². The highest BCUT2D eigenvalue weighted by molar-refractivity contribution is 6.35. The minimum absolute atomic E-state index is 0.0112. The third-order valence-corrected chi connectivity index (χ3v) is 5.53. The average molecular weight is 451 g/mol. The number of nitrogens with one attached hydrogen (secondary N) is 1. The van der Waals surface area contributed by atoms with E-state index < -0.39 is 0 Å². The van der Waals surface area contributed by atoms with Crippen LogP contribution in [0.1, 0.15) is 18.4 Å². The first-order chi connectivity index (χ1) is 14.5. The average Bonchev–Trinajstić information content (AvgIpc) is 2.74. The maximum absolute atomic E-state index is 12.6. The van der Waals surface area contributed by atoms with Crippen LogP contribution in [-0.4, -0.2) is 49.6 Å². The van der Waals surface area contributed by atoms with Crippen molar-refractivity contribution < 1.29 is 19.1 Å². The number of nitrogens with zero attached hydrogens (tertiary/aromatic N) is 1. The SMILES string of the molecule is COc1ccccc1CC(=O)N1CCC(NC(=O)COc2ccc(Cl)cc2Cl)CC1. The summed E-state index contributed by atoms with van der Waals surface area (Å²) in [7, 11) is 1.60. The van der Waals surface area contributed by atoms with E-state index in [0.717, 1.165) is 5.56 Å². The molecule has 30 heavy (non-hydrogen) atoms.